The molecule has 5 nitrogen and oxygen atoms in total. The van der Waals surface area contributed by atoms with E-state index < -0.39 is 17.5 Å². The van der Waals surface area contributed by atoms with Crippen molar-refractivity contribution in [2.45, 2.75) is 43.5 Å². The summed E-state index contributed by atoms with van der Waals surface area (Å²) < 4.78 is 5.42. The van der Waals surface area contributed by atoms with E-state index in [1.54, 1.807) is 0 Å². The number of hydrogen-bond acceptors (Lipinski definition) is 4. The number of amides is 1. The number of carbonyl (C=O) groups excluding carboxylic acids is 1. The Hall–Kier alpha value is -0.810. The third kappa shape index (κ3) is 0.919. The van der Waals surface area contributed by atoms with E-state index in [1.807, 2.05) is 0 Å². The van der Waals surface area contributed by atoms with Crippen LogP contribution < -0.4 is 5.73 Å². The minimum Gasteiger partial charge on any atom is -0.437 e. The fourth-order valence-electron chi connectivity index (χ4n) is 4.56. The summed E-state index contributed by atoms with van der Waals surface area (Å²) in [7, 11) is 0. The quantitative estimate of drug-likeness (QED) is 0.539. The van der Waals surface area contributed by atoms with Crippen molar-refractivity contribution in [2.75, 3.05) is 0 Å². The molecule has 0 aromatic carbocycles. The average Bonchev–Trinajstić information content (AvgIpc) is 2.92. The van der Waals surface area contributed by atoms with Crippen molar-refractivity contribution < 1.29 is 19.3 Å². The molecule has 1 spiro atoms. The molecule has 1 aliphatic heterocycles. The molecule has 0 aromatic rings. The first-order valence-corrected chi connectivity index (χ1v) is 5.99. The van der Waals surface area contributed by atoms with Crippen LogP contribution >= 0.6 is 0 Å². The second-order valence-corrected chi connectivity index (χ2v) is 5.79. The first-order chi connectivity index (χ1) is 7.64. The Labute approximate surface area is 93.1 Å². The van der Waals surface area contributed by atoms with Crippen LogP contribution in [-0.2, 0) is 14.5 Å². The molecule has 5 fully saturated rings. The zero-order valence-corrected chi connectivity index (χ0v) is 8.98. The highest BCUT2D eigenvalue weighted by atomic mass is 17.4. The van der Waals surface area contributed by atoms with E-state index in [2.05, 4.69) is 0 Å². The topological polar surface area (TPSA) is 77.4 Å². The number of nitrogens with two attached hydrogens (primary N) is 1. The molecule has 4 bridgehead atoms. The summed E-state index contributed by atoms with van der Waals surface area (Å²) in [6, 6.07) is 0. The van der Waals surface area contributed by atoms with Crippen LogP contribution in [0.1, 0.15) is 32.1 Å². The highest BCUT2D eigenvalue weighted by molar-refractivity contribution is 5.65. The molecule has 0 radical (unpaired) electrons. The molecule has 88 valence electrons. The number of carbonyl (C=O) groups is 1. The fraction of sp³-hybridized carbons (Fsp3) is 0.909. The van der Waals surface area contributed by atoms with Crippen LogP contribution in [0.4, 0.5) is 4.79 Å². The fourth-order valence-corrected chi connectivity index (χ4v) is 4.56. The van der Waals surface area contributed by atoms with E-state index in [0.717, 1.165) is 25.7 Å². The molecule has 5 rings (SSSR count). The summed E-state index contributed by atoms with van der Waals surface area (Å²) in [5.41, 5.74) is 4.60. The van der Waals surface area contributed by atoms with Gasteiger partial charge in [-0.1, -0.05) is 0 Å². The molecule has 1 saturated heterocycles. The minimum absolute atomic E-state index is 0.387. The van der Waals surface area contributed by atoms with Gasteiger partial charge in [0.2, 0.25) is 0 Å². The Bertz CT molecular complexity index is 351. The summed E-state index contributed by atoms with van der Waals surface area (Å²) >= 11 is 0. The smallest absolute Gasteiger partial charge is 0.405 e. The lowest BCUT2D eigenvalue weighted by Crippen LogP contribution is -2.64. The third-order valence-corrected chi connectivity index (χ3v) is 4.87. The Morgan fingerprint density at radius 2 is 1.81 bits per heavy atom. The monoisotopic (exact) mass is 225 g/mol. The summed E-state index contributed by atoms with van der Waals surface area (Å²) in [6.07, 6.45) is 4.53. The van der Waals surface area contributed by atoms with Crippen molar-refractivity contribution in [1.29, 1.82) is 0 Å². The number of rotatable bonds is 1. The highest BCUT2D eigenvalue weighted by Crippen LogP contribution is 2.67. The van der Waals surface area contributed by atoms with E-state index >= 15 is 0 Å². The van der Waals surface area contributed by atoms with Crippen molar-refractivity contribution in [3.05, 3.63) is 0 Å². The molecule has 1 heterocycles. The maximum atomic E-state index is 11.1. The van der Waals surface area contributed by atoms with Crippen molar-refractivity contribution in [3.8, 4) is 0 Å². The SMILES string of the molecule is NC(=O)OC12CC3CC(CC(C3)C13OO3)C2. The highest BCUT2D eigenvalue weighted by Gasteiger charge is 2.78. The van der Waals surface area contributed by atoms with Gasteiger partial charge in [-0.25, -0.2) is 4.79 Å². The van der Waals surface area contributed by atoms with Crippen molar-refractivity contribution in [2.24, 2.45) is 23.5 Å². The number of hydrogen-bond donors (Lipinski definition) is 1. The molecule has 5 aliphatic rings. The van der Waals surface area contributed by atoms with Crippen molar-refractivity contribution in [3.63, 3.8) is 0 Å². The van der Waals surface area contributed by atoms with Crippen LogP contribution in [0.5, 0.6) is 0 Å². The second-order valence-electron chi connectivity index (χ2n) is 5.79. The van der Waals surface area contributed by atoms with E-state index in [9.17, 15) is 4.79 Å². The predicted octanol–water partition coefficient (Wildman–Crippen LogP) is 1.32. The molecule has 4 saturated carbocycles. The molecule has 16 heavy (non-hydrogen) atoms. The minimum atomic E-state index is -0.708. The van der Waals surface area contributed by atoms with Crippen LogP contribution in [0.25, 0.3) is 0 Å². The van der Waals surface area contributed by atoms with Gasteiger partial charge in [0.15, 0.2) is 5.60 Å². The maximum absolute atomic E-state index is 11.1. The molecule has 2 N–H and O–H groups in total. The van der Waals surface area contributed by atoms with E-state index in [0.29, 0.717) is 17.8 Å². The van der Waals surface area contributed by atoms with Crippen LogP contribution in [-0.4, -0.2) is 17.5 Å². The van der Waals surface area contributed by atoms with E-state index in [1.165, 1.54) is 6.42 Å². The lowest BCUT2D eigenvalue weighted by atomic mass is 9.51. The molecule has 1 amide bonds. The van der Waals surface area contributed by atoms with Gasteiger partial charge in [-0.2, -0.15) is 9.78 Å². The van der Waals surface area contributed by atoms with Crippen molar-refractivity contribution in [1.82, 2.24) is 0 Å². The molecular formula is C11H15NO4. The largest absolute Gasteiger partial charge is 0.437 e. The van der Waals surface area contributed by atoms with E-state index in [-0.39, 0.29) is 0 Å². The molecular weight excluding hydrogens is 210 g/mol. The predicted molar refractivity (Wildman–Crippen MR) is 51.9 cm³/mol. The van der Waals surface area contributed by atoms with Crippen molar-refractivity contribution >= 4 is 6.09 Å². The Morgan fingerprint density at radius 1 is 1.19 bits per heavy atom. The second kappa shape index (κ2) is 2.54. The molecule has 4 aliphatic carbocycles. The Kier molecular flexibility index (Phi) is 1.47. The summed E-state index contributed by atoms with van der Waals surface area (Å²) in [5.74, 6) is 1.04. The van der Waals surface area contributed by atoms with Crippen LogP contribution in [0, 0.1) is 17.8 Å². The Balaban J connectivity index is 1.75. The van der Waals surface area contributed by atoms with Gasteiger partial charge < -0.3 is 10.5 Å². The molecule has 0 aromatic heterocycles. The van der Waals surface area contributed by atoms with Gasteiger partial charge >= 0.3 is 6.09 Å². The summed E-state index contributed by atoms with van der Waals surface area (Å²) in [6.45, 7) is 0. The molecule has 2 atom stereocenters. The average molecular weight is 225 g/mol. The van der Waals surface area contributed by atoms with Gasteiger partial charge in [-0.15, -0.1) is 0 Å². The normalized spacial score (nSPS) is 50.6. The van der Waals surface area contributed by atoms with Crippen LogP contribution in [0.15, 0.2) is 0 Å². The van der Waals surface area contributed by atoms with Gasteiger partial charge in [0.25, 0.3) is 5.79 Å². The lowest BCUT2D eigenvalue weighted by molar-refractivity contribution is -0.189. The number of primary amides is 1. The number of ether oxygens (including phenoxy) is 1. The van der Waals surface area contributed by atoms with Gasteiger partial charge in [-0.3, -0.25) is 0 Å². The first kappa shape index (κ1) is 9.24. The van der Waals surface area contributed by atoms with Gasteiger partial charge in [0.05, 0.1) is 0 Å². The third-order valence-electron chi connectivity index (χ3n) is 4.87. The zero-order valence-electron chi connectivity index (χ0n) is 8.98. The summed E-state index contributed by atoms with van der Waals surface area (Å²) in [5, 5.41) is 0. The van der Waals surface area contributed by atoms with Crippen LogP contribution in [0.3, 0.4) is 0 Å². The van der Waals surface area contributed by atoms with Gasteiger partial charge in [0, 0.05) is 5.92 Å². The molecule has 5 heteroatoms. The van der Waals surface area contributed by atoms with E-state index in [4.69, 9.17) is 20.2 Å². The summed E-state index contributed by atoms with van der Waals surface area (Å²) in [4.78, 5) is 21.6. The first-order valence-electron chi connectivity index (χ1n) is 5.99. The van der Waals surface area contributed by atoms with Crippen LogP contribution in [0.2, 0.25) is 0 Å². The van der Waals surface area contributed by atoms with Gasteiger partial charge in [-0.05, 0) is 43.9 Å². The zero-order chi connectivity index (χ0) is 11.0. The molecule has 2 unspecified atom stereocenters. The standard InChI is InChI=1S/C11H15NO4/c12-9(13)14-10-4-6-1-7(5-10)3-8(2-6)11(10)15-16-11/h6-8H,1-5H2,(H2,12,13). The lowest BCUT2D eigenvalue weighted by Gasteiger charge is -2.56. The Morgan fingerprint density at radius 3 is 2.31 bits per heavy atom. The van der Waals surface area contributed by atoms with Gasteiger partial charge in [0.1, 0.15) is 0 Å². The maximum Gasteiger partial charge on any atom is 0.405 e.